The monoisotopic (exact) mass is 261 g/mol. The highest BCUT2D eigenvalue weighted by atomic mass is 35.5. The van der Waals surface area contributed by atoms with Gasteiger partial charge in [0.05, 0.1) is 0 Å². The number of rotatable bonds is 5. The molecule has 2 rings (SSSR count). The van der Waals surface area contributed by atoms with Crippen molar-refractivity contribution < 1.29 is 0 Å². The second-order valence-corrected chi connectivity index (χ2v) is 4.33. The van der Waals surface area contributed by atoms with Gasteiger partial charge in [-0.3, -0.25) is 0 Å². The lowest BCUT2D eigenvalue weighted by Gasteiger charge is -2.04. The number of halogens is 1. The van der Waals surface area contributed by atoms with Crippen molar-refractivity contribution in [2.75, 3.05) is 7.05 Å². The molecule has 2 aromatic carbocycles. The zero-order valence-corrected chi connectivity index (χ0v) is 11.5. The van der Waals surface area contributed by atoms with Gasteiger partial charge in [0.15, 0.2) is 0 Å². The molecule has 0 bridgehead atoms. The van der Waals surface area contributed by atoms with Crippen LogP contribution in [-0.4, -0.2) is 7.05 Å². The highest BCUT2D eigenvalue weighted by Gasteiger charge is 1.96. The third kappa shape index (κ3) is 4.52. The summed E-state index contributed by atoms with van der Waals surface area (Å²) in [6, 6.07) is 19.5. The minimum absolute atomic E-state index is 0. The maximum absolute atomic E-state index is 3.16. The molecule has 2 heteroatoms. The molecule has 0 amide bonds. The van der Waals surface area contributed by atoms with E-state index in [0.29, 0.717) is 0 Å². The van der Waals surface area contributed by atoms with Crippen LogP contribution in [0.25, 0.3) is 0 Å². The van der Waals surface area contributed by atoms with Crippen molar-refractivity contribution in [1.82, 2.24) is 5.32 Å². The maximum atomic E-state index is 3.16. The fraction of sp³-hybridized carbons (Fsp3) is 0.250. The molecule has 2 aromatic rings. The molecule has 0 aliphatic carbocycles. The van der Waals surface area contributed by atoms with Crippen LogP contribution in [0.15, 0.2) is 54.6 Å². The molecule has 0 saturated heterocycles. The fourth-order valence-corrected chi connectivity index (χ4v) is 1.96. The molecule has 0 spiro atoms. The van der Waals surface area contributed by atoms with Gasteiger partial charge in [-0.2, -0.15) is 0 Å². The lowest BCUT2D eigenvalue weighted by Crippen LogP contribution is -2.04. The Morgan fingerprint density at radius 1 is 0.722 bits per heavy atom. The van der Waals surface area contributed by atoms with Crippen molar-refractivity contribution in [2.24, 2.45) is 0 Å². The second-order valence-electron chi connectivity index (χ2n) is 4.33. The highest BCUT2D eigenvalue weighted by Crippen LogP contribution is 2.09. The summed E-state index contributed by atoms with van der Waals surface area (Å²) in [7, 11) is 1.98. The van der Waals surface area contributed by atoms with E-state index in [1.54, 1.807) is 0 Å². The van der Waals surface area contributed by atoms with Crippen LogP contribution in [0.2, 0.25) is 0 Å². The van der Waals surface area contributed by atoms with E-state index in [0.717, 1.165) is 19.4 Å². The van der Waals surface area contributed by atoms with Gasteiger partial charge in [-0.15, -0.1) is 12.4 Å². The largest absolute Gasteiger partial charge is 0.316 e. The number of hydrogen-bond donors (Lipinski definition) is 1. The van der Waals surface area contributed by atoms with Crippen LogP contribution in [-0.2, 0) is 19.4 Å². The fourth-order valence-electron chi connectivity index (χ4n) is 1.96. The van der Waals surface area contributed by atoms with Gasteiger partial charge in [-0.25, -0.2) is 0 Å². The minimum atomic E-state index is 0. The van der Waals surface area contributed by atoms with Crippen LogP contribution in [0, 0.1) is 0 Å². The summed E-state index contributed by atoms with van der Waals surface area (Å²) in [5.41, 5.74) is 4.16. The summed E-state index contributed by atoms with van der Waals surface area (Å²) < 4.78 is 0. The Hall–Kier alpha value is -1.31. The Morgan fingerprint density at radius 3 is 1.78 bits per heavy atom. The molecule has 0 heterocycles. The Kier molecular flexibility index (Phi) is 6.48. The molecule has 1 nitrogen and oxygen atoms in total. The van der Waals surface area contributed by atoms with Gasteiger partial charge in [-0.05, 0) is 36.6 Å². The van der Waals surface area contributed by atoms with E-state index < -0.39 is 0 Å². The Labute approximate surface area is 116 Å². The number of aryl methyl sites for hydroxylation is 2. The third-order valence-corrected chi connectivity index (χ3v) is 2.95. The van der Waals surface area contributed by atoms with Gasteiger partial charge in [0.25, 0.3) is 0 Å². The topological polar surface area (TPSA) is 12.0 Å². The van der Waals surface area contributed by atoms with Crippen LogP contribution in [0.1, 0.15) is 16.7 Å². The van der Waals surface area contributed by atoms with Gasteiger partial charge < -0.3 is 5.32 Å². The zero-order chi connectivity index (χ0) is 11.9. The summed E-state index contributed by atoms with van der Waals surface area (Å²) in [6.07, 6.45) is 2.23. The quantitative estimate of drug-likeness (QED) is 0.867. The lowest BCUT2D eigenvalue weighted by atomic mass is 10.0. The van der Waals surface area contributed by atoms with Crippen molar-refractivity contribution in [1.29, 1.82) is 0 Å². The van der Waals surface area contributed by atoms with Gasteiger partial charge in [0, 0.05) is 6.54 Å². The van der Waals surface area contributed by atoms with Crippen molar-refractivity contribution in [3.63, 3.8) is 0 Å². The first kappa shape index (κ1) is 14.7. The minimum Gasteiger partial charge on any atom is -0.316 e. The molecule has 0 aliphatic heterocycles. The molecule has 96 valence electrons. The molecular weight excluding hydrogens is 242 g/mol. The van der Waals surface area contributed by atoms with Crippen LogP contribution in [0.5, 0.6) is 0 Å². The first-order valence-corrected chi connectivity index (χ1v) is 6.15. The smallest absolute Gasteiger partial charge is 0.0202 e. The van der Waals surface area contributed by atoms with E-state index in [2.05, 4.69) is 59.9 Å². The average Bonchev–Trinajstić information content (AvgIpc) is 2.40. The summed E-state index contributed by atoms with van der Waals surface area (Å²) in [5.74, 6) is 0. The standard InChI is InChI=1S/C16H19N.ClH/c1-17-13-16-11-9-15(10-12-16)8-7-14-5-3-2-4-6-14;/h2-6,9-12,17H,7-8,13H2,1H3;1H. The molecule has 0 radical (unpaired) electrons. The number of hydrogen-bond acceptors (Lipinski definition) is 1. The predicted octanol–water partition coefficient (Wildman–Crippen LogP) is 3.61. The molecule has 0 fully saturated rings. The van der Waals surface area contributed by atoms with E-state index in [4.69, 9.17) is 0 Å². The average molecular weight is 262 g/mol. The summed E-state index contributed by atoms with van der Waals surface area (Å²) in [6.45, 7) is 0.943. The molecule has 0 atom stereocenters. The molecular formula is C16H20ClN. The normalized spacial score (nSPS) is 9.83. The summed E-state index contributed by atoms with van der Waals surface area (Å²) in [4.78, 5) is 0. The molecule has 1 N–H and O–H groups in total. The van der Waals surface area contributed by atoms with Crippen LogP contribution < -0.4 is 5.32 Å². The zero-order valence-electron chi connectivity index (χ0n) is 10.7. The molecule has 0 aliphatic rings. The number of benzene rings is 2. The Bertz CT molecular complexity index is 436. The van der Waals surface area contributed by atoms with Crippen molar-refractivity contribution in [2.45, 2.75) is 19.4 Å². The van der Waals surface area contributed by atoms with E-state index in [1.165, 1.54) is 16.7 Å². The third-order valence-electron chi connectivity index (χ3n) is 2.95. The van der Waals surface area contributed by atoms with Gasteiger partial charge in [0.1, 0.15) is 0 Å². The lowest BCUT2D eigenvalue weighted by molar-refractivity contribution is 0.816. The highest BCUT2D eigenvalue weighted by molar-refractivity contribution is 5.85. The van der Waals surface area contributed by atoms with Crippen LogP contribution in [0.3, 0.4) is 0 Å². The van der Waals surface area contributed by atoms with Gasteiger partial charge in [-0.1, -0.05) is 54.6 Å². The van der Waals surface area contributed by atoms with E-state index >= 15 is 0 Å². The molecule has 0 unspecified atom stereocenters. The molecule has 0 saturated carbocycles. The van der Waals surface area contributed by atoms with Crippen LogP contribution >= 0.6 is 12.4 Å². The first-order chi connectivity index (χ1) is 8.38. The molecule has 18 heavy (non-hydrogen) atoms. The maximum Gasteiger partial charge on any atom is 0.0202 e. The van der Waals surface area contributed by atoms with E-state index in [9.17, 15) is 0 Å². The van der Waals surface area contributed by atoms with Gasteiger partial charge >= 0.3 is 0 Å². The van der Waals surface area contributed by atoms with Crippen molar-refractivity contribution >= 4 is 12.4 Å². The van der Waals surface area contributed by atoms with E-state index in [1.807, 2.05) is 7.05 Å². The van der Waals surface area contributed by atoms with E-state index in [-0.39, 0.29) is 12.4 Å². The number of nitrogens with one attached hydrogen (secondary N) is 1. The Morgan fingerprint density at radius 2 is 1.22 bits per heavy atom. The predicted molar refractivity (Wildman–Crippen MR) is 80.3 cm³/mol. The second kappa shape index (κ2) is 7.91. The van der Waals surface area contributed by atoms with Crippen molar-refractivity contribution in [3.8, 4) is 0 Å². The van der Waals surface area contributed by atoms with Gasteiger partial charge in [0.2, 0.25) is 0 Å². The molecule has 0 aromatic heterocycles. The van der Waals surface area contributed by atoms with Crippen LogP contribution in [0.4, 0.5) is 0 Å². The SMILES string of the molecule is CNCc1ccc(CCc2ccccc2)cc1.Cl. The summed E-state index contributed by atoms with van der Waals surface area (Å²) >= 11 is 0. The summed E-state index contributed by atoms with van der Waals surface area (Å²) in [5, 5.41) is 3.16. The first-order valence-electron chi connectivity index (χ1n) is 6.15. The Balaban J connectivity index is 0.00000162. The van der Waals surface area contributed by atoms with Crippen molar-refractivity contribution in [3.05, 3.63) is 71.3 Å².